The van der Waals surface area contributed by atoms with Gasteiger partial charge in [-0.15, -0.1) is 0 Å². The number of nitrogens with zero attached hydrogens (tertiary/aromatic N) is 4. The van der Waals surface area contributed by atoms with Crippen molar-refractivity contribution in [2.45, 2.75) is 50.4 Å². The van der Waals surface area contributed by atoms with Gasteiger partial charge in [0.05, 0.1) is 25.0 Å². The van der Waals surface area contributed by atoms with Gasteiger partial charge in [-0.25, -0.2) is 14.5 Å². The summed E-state index contributed by atoms with van der Waals surface area (Å²) < 4.78 is 37.1. The van der Waals surface area contributed by atoms with Crippen LogP contribution in [0.4, 0.5) is 0 Å². The Morgan fingerprint density at radius 2 is 2.21 bits per heavy atom. The molecule has 3 aromatic heterocycles. The van der Waals surface area contributed by atoms with Crippen molar-refractivity contribution < 1.29 is 33.1 Å². The standard InChI is InChI=1S/C21H25N4O7P/c1-13-15-5-8-25(19(15)24-12-23-13)20-21(2,27)18(26)17(31-20)11-30-33(28)29-9-6-16(32-33)14-4-3-7-22-10-14/h3-5,7-8,10,12,16-18,20,26-27H,6,9,11H2,1-2H3/t16?,17-,18-,20-,21-,33?/m1/s1. The molecule has 6 atom stereocenters. The number of rotatable bonds is 5. The highest BCUT2D eigenvalue weighted by Crippen LogP contribution is 2.57. The van der Waals surface area contributed by atoms with E-state index in [-0.39, 0.29) is 13.2 Å². The third-order valence-electron chi connectivity index (χ3n) is 6.05. The van der Waals surface area contributed by atoms with Crippen molar-refractivity contribution in [3.63, 3.8) is 0 Å². The van der Waals surface area contributed by atoms with Crippen molar-refractivity contribution in [1.29, 1.82) is 0 Å². The maximum Gasteiger partial charge on any atom is 0.475 e. The summed E-state index contributed by atoms with van der Waals surface area (Å²) in [5.41, 5.74) is 0.443. The lowest BCUT2D eigenvalue weighted by atomic mass is 9.96. The lowest BCUT2D eigenvalue weighted by Crippen LogP contribution is -2.44. The van der Waals surface area contributed by atoms with E-state index in [2.05, 4.69) is 15.0 Å². The Balaban J connectivity index is 1.31. The number of hydrogen-bond acceptors (Lipinski definition) is 10. The Hall–Kier alpha value is -2.24. The molecule has 3 aromatic rings. The Morgan fingerprint density at radius 1 is 1.36 bits per heavy atom. The molecule has 2 unspecified atom stereocenters. The van der Waals surface area contributed by atoms with Crippen LogP contribution in [0.1, 0.15) is 36.9 Å². The zero-order valence-corrected chi connectivity index (χ0v) is 19.0. The van der Waals surface area contributed by atoms with Crippen molar-refractivity contribution in [2.75, 3.05) is 13.2 Å². The van der Waals surface area contributed by atoms with Crippen molar-refractivity contribution in [3.05, 3.63) is 54.4 Å². The summed E-state index contributed by atoms with van der Waals surface area (Å²) in [6, 6.07) is 5.41. The van der Waals surface area contributed by atoms with Gasteiger partial charge in [0, 0.05) is 30.4 Å². The van der Waals surface area contributed by atoms with Crippen LogP contribution in [-0.2, 0) is 22.9 Å². The van der Waals surface area contributed by atoms with E-state index in [9.17, 15) is 14.8 Å². The van der Waals surface area contributed by atoms with Crippen LogP contribution in [-0.4, -0.2) is 60.8 Å². The molecule has 0 amide bonds. The molecule has 2 fully saturated rings. The van der Waals surface area contributed by atoms with Crippen LogP contribution in [0, 0.1) is 6.92 Å². The molecule has 12 heteroatoms. The molecule has 0 spiro atoms. The SMILES string of the molecule is Cc1ncnc2c1ccn2[C@@H]1O[C@H](COP2(=O)OCCC(c3cccnc3)O2)[C@@H](O)[C@@]1(C)O. The molecule has 2 aliphatic heterocycles. The highest BCUT2D eigenvalue weighted by atomic mass is 31.2. The Labute approximate surface area is 189 Å². The summed E-state index contributed by atoms with van der Waals surface area (Å²) in [6.45, 7) is 3.20. The van der Waals surface area contributed by atoms with Gasteiger partial charge in [-0.2, -0.15) is 0 Å². The molecule has 0 saturated carbocycles. The number of fused-ring (bicyclic) bond motifs is 1. The number of pyridine rings is 1. The number of aromatic nitrogens is 4. The highest BCUT2D eigenvalue weighted by molar-refractivity contribution is 7.48. The molecule has 176 valence electrons. The summed E-state index contributed by atoms with van der Waals surface area (Å²) in [7, 11) is -3.91. The summed E-state index contributed by atoms with van der Waals surface area (Å²) >= 11 is 0. The zero-order valence-electron chi connectivity index (χ0n) is 18.1. The Morgan fingerprint density at radius 3 is 3.00 bits per heavy atom. The topological polar surface area (TPSA) is 138 Å². The van der Waals surface area contributed by atoms with Crippen LogP contribution in [0.5, 0.6) is 0 Å². The maximum absolute atomic E-state index is 13.1. The molecule has 2 aliphatic rings. The number of phosphoric acid groups is 1. The molecule has 2 N–H and O–H groups in total. The smallest absolute Gasteiger partial charge is 0.387 e. The van der Waals surface area contributed by atoms with E-state index in [1.165, 1.54) is 13.3 Å². The van der Waals surface area contributed by atoms with Gasteiger partial charge in [-0.3, -0.25) is 18.6 Å². The quantitative estimate of drug-likeness (QED) is 0.528. The van der Waals surface area contributed by atoms with Gasteiger partial charge in [0.2, 0.25) is 0 Å². The number of aryl methyl sites for hydroxylation is 1. The number of aliphatic hydroxyl groups excluding tert-OH is 1. The number of aliphatic hydroxyl groups is 2. The normalized spacial score (nSPS) is 34.7. The fourth-order valence-corrected chi connectivity index (χ4v) is 5.59. The van der Waals surface area contributed by atoms with E-state index in [4.69, 9.17) is 18.3 Å². The van der Waals surface area contributed by atoms with Gasteiger partial charge in [-0.05, 0) is 31.5 Å². The van der Waals surface area contributed by atoms with Gasteiger partial charge in [0.25, 0.3) is 0 Å². The maximum atomic E-state index is 13.1. The minimum atomic E-state index is -3.91. The zero-order chi connectivity index (χ0) is 23.2. The van der Waals surface area contributed by atoms with Crippen molar-refractivity contribution in [2.24, 2.45) is 0 Å². The number of phosphoric ester groups is 1. The molecule has 0 radical (unpaired) electrons. The van der Waals surface area contributed by atoms with Crippen molar-refractivity contribution in [1.82, 2.24) is 19.5 Å². The first-order valence-electron chi connectivity index (χ1n) is 10.6. The summed E-state index contributed by atoms with van der Waals surface area (Å²) in [4.78, 5) is 12.5. The largest absolute Gasteiger partial charge is 0.475 e. The molecule has 2 saturated heterocycles. The van der Waals surface area contributed by atoms with Crippen molar-refractivity contribution >= 4 is 18.9 Å². The van der Waals surface area contributed by atoms with E-state index in [1.807, 2.05) is 19.1 Å². The first-order valence-corrected chi connectivity index (χ1v) is 12.1. The predicted molar refractivity (Wildman–Crippen MR) is 115 cm³/mol. The van der Waals surface area contributed by atoms with E-state index in [0.717, 1.165) is 16.6 Å². The Bertz CT molecular complexity index is 1190. The third-order valence-corrected chi connectivity index (χ3v) is 7.53. The van der Waals surface area contributed by atoms with Gasteiger partial charge in [0.1, 0.15) is 29.8 Å². The molecule has 0 aromatic carbocycles. The van der Waals surface area contributed by atoms with Gasteiger partial charge in [0.15, 0.2) is 6.23 Å². The van der Waals surface area contributed by atoms with Crippen molar-refractivity contribution in [3.8, 4) is 0 Å². The van der Waals surface area contributed by atoms with E-state index in [0.29, 0.717) is 12.1 Å². The molecular formula is C21H25N4O7P. The fraction of sp³-hybridized carbons (Fsp3) is 0.476. The van der Waals surface area contributed by atoms with Gasteiger partial charge >= 0.3 is 7.82 Å². The summed E-state index contributed by atoms with van der Waals surface area (Å²) in [5, 5.41) is 22.6. The van der Waals surface area contributed by atoms with E-state index < -0.39 is 38.0 Å². The number of hydrogen-bond donors (Lipinski definition) is 2. The fourth-order valence-electron chi connectivity index (χ4n) is 4.20. The molecule has 0 aliphatic carbocycles. The second-order valence-corrected chi connectivity index (χ2v) is 9.98. The van der Waals surface area contributed by atoms with Crippen LogP contribution < -0.4 is 0 Å². The predicted octanol–water partition coefficient (Wildman–Crippen LogP) is 2.45. The van der Waals surface area contributed by atoms with Gasteiger partial charge < -0.3 is 19.5 Å². The first kappa shape index (κ1) is 22.5. The average Bonchev–Trinajstić information content (AvgIpc) is 3.33. The number of ether oxygens (including phenoxy) is 1. The van der Waals surface area contributed by atoms with Crippen LogP contribution in [0.15, 0.2) is 43.1 Å². The molecule has 5 heterocycles. The van der Waals surface area contributed by atoms with Crippen LogP contribution in [0.2, 0.25) is 0 Å². The minimum Gasteiger partial charge on any atom is -0.387 e. The molecule has 11 nitrogen and oxygen atoms in total. The second kappa shape index (κ2) is 8.52. The summed E-state index contributed by atoms with van der Waals surface area (Å²) in [5.74, 6) is 0. The first-order chi connectivity index (χ1) is 15.8. The lowest BCUT2D eigenvalue weighted by molar-refractivity contribution is -0.0951. The average molecular weight is 476 g/mol. The molecule has 0 bridgehead atoms. The van der Waals surface area contributed by atoms with Crippen LogP contribution in [0.25, 0.3) is 11.0 Å². The Kier molecular flexibility index (Phi) is 5.82. The molecular weight excluding hydrogens is 451 g/mol. The molecule has 33 heavy (non-hydrogen) atoms. The third kappa shape index (κ3) is 4.10. The molecule has 5 rings (SSSR count). The highest BCUT2D eigenvalue weighted by Gasteiger charge is 2.54. The van der Waals surface area contributed by atoms with Gasteiger partial charge in [-0.1, -0.05) is 6.07 Å². The lowest BCUT2D eigenvalue weighted by Gasteiger charge is -2.30. The monoisotopic (exact) mass is 476 g/mol. The minimum absolute atomic E-state index is 0.180. The summed E-state index contributed by atoms with van der Waals surface area (Å²) in [6.07, 6.45) is 3.17. The van der Waals surface area contributed by atoms with Crippen LogP contribution in [0.3, 0.4) is 0 Å². The van der Waals surface area contributed by atoms with Crippen LogP contribution >= 0.6 is 7.82 Å². The van der Waals surface area contributed by atoms with E-state index in [1.54, 1.807) is 29.2 Å². The second-order valence-electron chi connectivity index (χ2n) is 8.36. The van der Waals surface area contributed by atoms with E-state index >= 15 is 0 Å².